The second-order valence-corrected chi connectivity index (χ2v) is 12.1. The van der Waals surface area contributed by atoms with Crippen molar-refractivity contribution in [2.45, 2.75) is 57.5 Å². The molecular formula is C24H30N4O6S. The number of likely N-dealkylation sites (tertiary alicyclic amines) is 1. The number of ketones is 1. The molecule has 2 amide bonds. The Labute approximate surface area is 204 Å². The summed E-state index contributed by atoms with van der Waals surface area (Å²) in [5.41, 5.74) is 0.391. The van der Waals surface area contributed by atoms with E-state index in [0.717, 1.165) is 0 Å². The smallest absolute Gasteiger partial charge is 0.255 e. The summed E-state index contributed by atoms with van der Waals surface area (Å²) in [5, 5.41) is 2.78. The van der Waals surface area contributed by atoms with Crippen molar-refractivity contribution in [1.29, 1.82) is 0 Å². The van der Waals surface area contributed by atoms with E-state index in [1.54, 1.807) is 18.2 Å². The molecule has 0 saturated carbocycles. The highest BCUT2D eigenvalue weighted by Crippen LogP contribution is 2.34. The first kappa shape index (κ1) is 25.1. The summed E-state index contributed by atoms with van der Waals surface area (Å²) in [7, 11) is -3.82. The van der Waals surface area contributed by atoms with Crippen LogP contribution in [0, 0.1) is 5.41 Å². The lowest BCUT2D eigenvalue weighted by Gasteiger charge is -2.31. The van der Waals surface area contributed by atoms with Crippen molar-refractivity contribution in [2.75, 3.05) is 13.1 Å². The summed E-state index contributed by atoms with van der Waals surface area (Å²) >= 11 is 0. The molecule has 2 aliphatic heterocycles. The minimum Gasteiger partial charge on any atom is -0.472 e. The van der Waals surface area contributed by atoms with Crippen LogP contribution in [-0.2, 0) is 25.4 Å². The average Bonchev–Trinajstić information content (AvgIpc) is 3.51. The van der Waals surface area contributed by atoms with Crippen LogP contribution >= 0.6 is 0 Å². The van der Waals surface area contributed by atoms with Crippen molar-refractivity contribution in [3.63, 3.8) is 0 Å². The largest absolute Gasteiger partial charge is 0.472 e. The molecule has 0 aliphatic carbocycles. The number of hydrogen-bond donors (Lipinski definition) is 1. The molecule has 0 aromatic carbocycles. The molecule has 0 spiro atoms. The van der Waals surface area contributed by atoms with Crippen LogP contribution in [0.1, 0.15) is 49.7 Å². The lowest BCUT2D eigenvalue weighted by atomic mass is 9.87. The lowest BCUT2D eigenvalue weighted by molar-refractivity contribution is -0.138. The van der Waals surface area contributed by atoms with E-state index in [2.05, 4.69) is 10.3 Å². The van der Waals surface area contributed by atoms with Gasteiger partial charge in [-0.25, -0.2) is 8.42 Å². The molecule has 2 fully saturated rings. The van der Waals surface area contributed by atoms with Gasteiger partial charge < -0.3 is 14.6 Å². The zero-order valence-corrected chi connectivity index (χ0v) is 20.8. The van der Waals surface area contributed by atoms with Crippen LogP contribution in [0.15, 0.2) is 47.4 Å². The number of rotatable bonds is 7. The van der Waals surface area contributed by atoms with Gasteiger partial charge in [-0.15, -0.1) is 0 Å². The van der Waals surface area contributed by atoms with Crippen LogP contribution in [0.2, 0.25) is 0 Å². The summed E-state index contributed by atoms with van der Waals surface area (Å²) in [5.74, 6) is -1.47. The Hall–Kier alpha value is -3.05. The number of aromatic nitrogens is 1. The first-order chi connectivity index (χ1) is 16.5. The van der Waals surface area contributed by atoms with E-state index in [9.17, 15) is 22.8 Å². The summed E-state index contributed by atoms with van der Waals surface area (Å²) in [6.07, 6.45) is 4.88. The highest BCUT2D eigenvalue weighted by molar-refractivity contribution is 7.88. The zero-order chi connectivity index (χ0) is 25.4. The summed E-state index contributed by atoms with van der Waals surface area (Å²) < 4.78 is 32.4. The highest BCUT2D eigenvalue weighted by atomic mass is 32.2. The van der Waals surface area contributed by atoms with Gasteiger partial charge in [-0.1, -0.05) is 26.8 Å². The number of carbonyl (C=O) groups is 3. The van der Waals surface area contributed by atoms with Gasteiger partial charge in [0.1, 0.15) is 24.1 Å². The average molecular weight is 503 g/mol. The summed E-state index contributed by atoms with van der Waals surface area (Å²) in [6.45, 7) is 5.82. The van der Waals surface area contributed by atoms with E-state index < -0.39 is 34.1 Å². The SMILES string of the molecule is CC(C)(C)CC(NC(=O)c1ccoc1)C(=O)N1CCC2C1C(=O)CN2S(=O)(=O)Cc1ccccn1. The molecule has 0 radical (unpaired) electrons. The monoisotopic (exact) mass is 502 g/mol. The molecule has 2 saturated heterocycles. The van der Waals surface area contributed by atoms with Gasteiger partial charge in [-0.3, -0.25) is 19.4 Å². The van der Waals surface area contributed by atoms with E-state index in [0.29, 0.717) is 24.1 Å². The molecule has 3 unspecified atom stereocenters. The molecule has 4 rings (SSSR count). The molecule has 4 heterocycles. The summed E-state index contributed by atoms with van der Waals surface area (Å²) in [6, 6.07) is 4.17. The number of carbonyl (C=O) groups excluding carboxylic acids is 3. The maximum absolute atomic E-state index is 13.6. The number of hydrogen-bond acceptors (Lipinski definition) is 7. The van der Waals surface area contributed by atoms with Gasteiger partial charge in [0.25, 0.3) is 5.91 Å². The number of nitrogens with zero attached hydrogens (tertiary/aromatic N) is 3. The Morgan fingerprint density at radius 3 is 2.66 bits per heavy atom. The fourth-order valence-electron chi connectivity index (χ4n) is 4.78. The van der Waals surface area contributed by atoms with E-state index in [-0.39, 0.29) is 35.9 Å². The van der Waals surface area contributed by atoms with Crippen LogP contribution in [0.5, 0.6) is 0 Å². The zero-order valence-electron chi connectivity index (χ0n) is 20.0. The topological polar surface area (TPSA) is 130 Å². The number of amides is 2. The number of furan rings is 1. The molecule has 188 valence electrons. The van der Waals surface area contributed by atoms with Gasteiger partial charge in [0.15, 0.2) is 5.78 Å². The van der Waals surface area contributed by atoms with Gasteiger partial charge in [-0.2, -0.15) is 4.31 Å². The predicted octanol–water partition coefficient (Wildman–Crippen LogP) is 1.59. The molecule has 3 atom stereocenters. The maximum Gasteiger partial charge on any atom is 0.255 e. The third kappa shape index (κ3) is 5.46. The second-order valence-electron chi connectivity index (χ2n) is 10.2. The molecule has 0 bridgehead atoms. The first-order valence-electron chi connectivity index (χ1n) is 11.5. The van der Waals surface area contributed by atoms with Crippen LogP contribution in [0.25, 0.3) is 0 Å². The summed E-state index contributed by atoms with van der Waals surface area (Å²) in [4.78, 5) is 44.8. The van der Waals surface area contributed by atoms with Gasteiger partial charge in [0.05, 0.1) is 30.1 Å². The van der Waals surface area contributed by atoms with Crippen molar-refractivity contribution in [3.05, 3.63) is 54.2 Å². The normalized spacial score (nSPS) is 21.7. The minimum absolute atomic E-state index is 0.234. The molecule has 2 aliphatic rings. The van der Waals surface area contributed by atoms with Gasteiger partial charge in [0.2, 0.25) is 15.9 Å². The Morgan fingerprint density at radius 1 is 1.26 bits per heavy atom. The molecule has 10 nitrogen and oxygen atoms in total. The minimum atomic E-state index is -3.82. The Bertz CT molecular complexity index is 1190. The van der Waals surface area contributed by atoms with Crippen LogP contribution in [0.4, 0.5) is 0 Å². The van der Waals surface area contributed by atoms with Gasteiger partial charge >= 0.3 is 0 Å². The molecule has 1 N–H and O–H groups in total. The molecule has 11 heteroatoms. The van der Waals surface area contributed by atoms with Gasteiger partial charge in [0, 0.05) is 12.7 Å². The van der Waals surface area contributed by atoms with E-state index in [4.69, 9.17) is 4.42 Å². The third-order valence-corrected chi connectivity index (χ3v) is 8.05. The van der Waals surface area contributed by atoms with Crippen molar-refractivity contribution in [3.8, 4) is 0 Å². The lowest BCUT2D eigenvalue weighted by Crippen LogP contribution is -2.53. The third-order valence-electron chi connectivity index (χ3n) is 6.28. The van der Waals surface area contributed by atoms with Crippen LogP contribution in [0.3, 0.4) is 0 Å². The van der Waals surface area contributed by atoms with Crippen LogP contribution in [-0.4, -0.2) is 71.4 Å². The van der Waals surface area contributed by atoms with E-state index in [1.165, 1.54) is 34.0 Å². The molecule has 2 aromatic heterocycles. The van der Waals surface area contributed by atoms with Crippen molar-refractivity contribution in [1.82, 2.24) is 19.5 Å². The number of nitrogens with one attached hydrogen (secondary N) is 1. The first-order valence-corrected chi connectivity index (χ1v) is 13.1. The standard InChI is InChI=1S/C24H30N4O6S/c1-24(2,3)12-18(26-22(30)16-8-11-34-14-16)23(31)27-10-7-19-21(27)20(29)13-28(19)35(32,33)15-17-6-4-5-9-25-17/h4-6,8-9,11,14,18-19,21H,7,10,12-13,15H2,1-3H3,(H,26,30). The highest BCUT2D eigenvalue weighted by Gasteiger charge is 2.54. The molecule has 35 heavy (non-hydrogen) atoms. The van der Waals surface area contributed by atoms with Crippen molar-refractivity contribution >= 4 is 27.6 Å². The number of sulfonamides is 1. The number of Topliss-reactive ketones (excluding diaryl/α,β-unsaturated/α-hetero) is 1. The fourth-order valence-corrected chi connectivity index (χ4v) is 6.45. The van der Waals surface area contributed by atoms with Crippen molar-refractivity contribution in [2.24, 2.45) is 5.41 Å². The maximum atomic E-state index is 13.6. The van der Waals surface area contributed by atoms with Crippen LogP contribution < -0.4 is 5.32 Å². The van der Waals surface area contributed by atoms with Gasteiger partial charge in [-0.05, 0) is 36.5 Å². The second kappa shape index (κ2) is 9.54. The molecule has 2 aromatic rings. The van der Waals surface area contributed by atoms with Crippen molar-refractivity contribution < 1.29 is 27.2 Å². The Kier molecular flexibility index (Phi) is 6.83. The Morgan fingerprint density at radius 2 is 2.03 bits per heavy atom. The molecular weight excluding hydrogens is 472 g/mol. The Balaban J connectivity index is 1.53. The predicted molar refractivity (Wildman–Crippen MR) is 127 cm³/mol. The van der Waals surface area contributed by atoms with E-state index in [1.807, 2.05) is 20.8 Å². The fraction of sp³-hybridized carbons (Fsp3) is 0.500. The number of fused-ring (bicyclic) bond motifs is 1. The number of pyridine rings is 1. The quantitative estimate of drug-likeness (QED) is 0.609. The van der Waals surface area contributed by atoms with E-state index >= 15 is 0 Å².